The molecule has 0 bridgehead atoms. The number of likely N-dealkylation sites (N-methyl/N-ethyl adjacent to an activating group) is 1. The van der Waals surface area contributed by atoms with E-state index in [1.165, 1.54) is 0 Å². The molecule has 28 heavy (non-hydrogen) atoms. The van der Waals surface area contributed by atoms with Crippen molar-refractivity contribution in [2.75, 3.05) is 39.8 Å². The third-order valence-electron chi connectivity index (χ3n) is 5.24. The molecule has 1 fully saturated rings. The number of hydrogen-bond acceptors (Lipinski definition) is 6. The highest BCUT2D eigenvalue weighted by molar-refractivity contribution is 5.87. The Morgan fingerprint density at radius 2 is 1.75 bits per heavy atom. The monoisotopic (exact) mass is 375 g/mol. The summed E-state index contributed by atoms with van der Waals surface area (Å²) in [5.74, 6) is 0.216. The Bertz CT molecular complexity index is 978. The van der Waals surface area contributed by atoms with E-state index in [1.807, 2.05) is 43.6 Å². The molecule has 0 unspecified atom stereocenters. The molecule has 4 rings (SSSR count). The number of carbonyl (C=O) groups excluding carboxylic acids is 1. The summed E-state index contributed by atoms with van der Waals surface area (Å²) >= 11 is 0. The number of fused-ring (bicyclic) bond motifs is 1. The molecular formula is C22H25N5O. The van der Waals surface area contributed by atoms with Gasteiger partial charge < -0.3 is 4.90 Å². The third-order valence-corrected chi connectivity index (χ3v) is 5.24. The maximum Gasteiger partial charge on any atom is 0.152 e. The molecule has 0 atom stereocenters. The highest BCUT2D eigenvalue weighted by Crippen LogP contribution is 2.22. The Morgan fingerprint density at radius 1 is 0.964 bits per heavy atom. The molecule has 0 aliphatic carbocycles. The average molecular weight is 375 g/mol. The fourth-order valence-electron chi connectivity index (χ4n) is 3.47. The lowest BCUT2D eigenvalue weighted by molar-refractivity contribution is -0.120. The fourth-order valence-corrected chi connectivity index (χ4v) is 3.47. The van der Waals surface area contributed by atoms with Gasteiger partial charge in [-0.3, -0.25) is 24.6 Å². The van der Waals surface area contributed by atoms with Crippen molar-refractivity contribution in [1.29, 1.82) is 0 Å². The van der Waals surface area contributed by atoms with Gasteiger partial charge in [0, 0.05) is 67.1 Å². The molecule has 0 N–H and O–H groups in total. The Kier molecular flexibility index (Phi) is 5.41. The minimum atomic E-state index is 0.216. The van der Waals surface area contributed by atoms with Gasteiger partial charge in [-0.2, -0.15) is 0 Å². The number of Topliss-reactive ketones (excluding diaryl/α,β-unsaturated/α-hetero) is 1. The van der Waals surface area contributed by atoms with Gasteiger partial charge in [0.2, 0.25) is 0 Å². The normalized spacial score (nSPS) is 15.8. The Balaban J connectivity index is 1.48. The largest absolute Gasteiger partial charge is 0.304 e. The Labute approximate surface area is 165 Å². The molecule has 1 saturated heterocycles. The van der Waals surface area contributed by atoms with Crippen LogP contribution in [-0.2, 0) is 11.2 Å². The highest BCUT2D eigenvalue weighted by Gasteiger charge is 2.17. The summed E-state index contributed by atoms with van der Waals surface area (Å²) in [6.45, 7) is 6.41. The zero-order valence-corrected chi connectivity index (χ0v) is 16.4. The molecule has 144 valence electrons. The van der Waals surface area contributed by atoms with Gasteiger partial charge in [0.05, 0.1) is 18.7 Å². The molecule has 0 radical (unpaired) electrons. The third kappa shape index (κ3) is 4.40. The van der Waals surface area contributed by atoms with E-state index in [9.17, 15) is 4.79 Å². The molecule has 3 aromatic rings. The number of hydrogen-bond donors (Lipinski definition) is 0. The van der Waals surface area contributed by atoms with Crippen molar-refractivity contribution < 1.29 is 4.79 Å². The quantitative estimate of drug-likeness (QED) is 0.682. The fraction of sp³-hybridized carbons (Fsp3) is 0.364. The number of piperazine rings is 1. The molecule has 4 heterocycles. The van der Waals surface area contributed by atoms with Crippen LogP contribution in [0, 0.1) is 6.92 Å². The average Bonchev–Trinajstić information content (AvgIpc) is 2.70. The van der Waals surface area contributed by atoms with E-state index in [4.69, 9.17) is 0 Å². The lowest BCUT2D eigenvalue weighted by Crippen LogP contribution is -2.46. The van der Waals surface area contributed by atoms with Crippen LogP contribution >= 0.6 is 0 Å². The van der Waals surface area contributed by atoms with Crippen molar-refractivity contribution in [2.24, 2.45) is 0 Å². The van der Waals surface area contributed by atoms with E-state index in [-0.39, 0.29) is 5.78 Å². The van der Waals surface area contributed by atoms with Gasteiger partial charge in [-0.1, -0.05) is 0 Å². The van der Waals surface area contributed by atoms with Gasteiger partial charge in [-0.25, -0.2) is 0 Å². The summed E-state index contributed by atoms with van der Waals surface area (Å²) in [6.07, 6.45) is 5.84. The van der Waals surface area contributed by atoms with Gasteiger partial charge in [-0.05, 0) is 43.6 Å². The van der Waals surface area contributed by atoms with E-state index in [2.05, 4.69) is 31.8 Å². The molecule has 0 aromatic carbocycles. The Morgan fingerprint density at radius 3 is 2.50 bits per heavy atom. The molecule has 6 heteroatoms. The molecule has 0 amide bonds. The zero-order valence-electron chi connectivity index (χ0n) is 16.4. The SMILES string of the molecule is Cc1ccc(-c2cc3cc(CC(=O)CN4CCN(C)CC4)ncc3cn2)cn1. The number of aryl methyl sites for hydroxylation is 1. The van der Waals surface area contributed by atoms with Crippen molar-refractivity contribution in [3.63, 3.8) is 0 Å². The van der Waals surface area contributed by atoms with Gasteiger partial charge in [0.25, 0.3) is 0 Å². The topological polar surface area (TPSA) is 62.2 Å². The van der Waals surface area contributed by atoms with Crippen LogP contribution in [0.4, 0.5) is 0 Å². The summed E-state index contributed by atoms with van der Waals surface area (Å²) in [5.41, 5.74) is 3.65. The van der Waals surface area contributed by atoms with Crippen molar-refractivity contribution in [3.8, 4) is 11.3 Å². The van der Waals surface area contributed by atoms with Crippen LogP contribution in [0.15, 0.2) is 42.9 Å². The molecule has 1 aliphatic rings. The number of aromatic nitrogens is 3. The summed E-state index contributed by atoms with van der Waals surface area (Å²) in [5, 5.41) is 2.02. The maximum absolute atomic E-state index is 12.5. The van der Waals surface area contributed by atoms with E-state index < -0.39 is 0 Å². The first kappa shape index (κ1) is 18.7. The number of pyridine rings is 3. The molecule has 6 nitrogen and oxygen atoms in total. The van der Waals surface area contributed by atoms with E-state index in [0.29, 0.717) is 13.0 Å². The predicted octanol–water partition coefficient (Wildman–Crippen LogP) is 2.36. The van der Waals surface area contributed by atoms with Crippen LogP contribution in [0.2, 0.25) is 0 Å². The highest BCUT2D eigenvalue weighted by atomic mass is 16.1. The predicted molar refractivity (Wildman–Crippen MR) is 110 cm³/mol. The first-order valence-corrected chi connectivity index (χ1v) is 9.67. The number of ketones is 1. The minimum Gasteiger partial charge on any atom is -0.304 e. The first-order valence-electron chi connectivity index (χ1n) is 9.67. The minimum absolute atomic E-state index is 0.216. The van der Waals surface area contributed by atoms with Gasteiger partial charge >= 0.3 is 0 Å². The number of nitrogens with zero attached hydrogens (tertiary/aromatic N) is 5. The van der Waals surface area contributed by atoms with Crippen molar-refractivity contribution in [1.82, 2.24) is 24.8 Å². The number of rotatable bonds is 5. The summed E-state index contributed by atoms with van der Waals surface area (Å²) in [4.78, 5) is 30.4. The second-order valence-electron chi connectivity index (χ2n) is 7.58. The van der Waals surface area contributed by atoms with Crippen LogP contribution in [-0.4, -0.2) is 70.3 Å². The van der Waals surface area contributed by atoms with Crippen molar-refractivity contribution in [2.45, 2.75) is 13.3 Å². The smallest absolute Gasteiger partial charge is 0.152 e. The molecule has 1 aliphatic heterocycles. The zero-order chi connectivity index (χ0) is 19.5. The van der Waals surface area contributed by atoms with Crippen LogP contribution < -0.4 is 0 Å². The van der Waals surface area contributed by atoms with Crippen molar-refractivity contribution >= 4 is 16.6 Å². The van der Waals surface area contributed by atoms with Crippen molar-refractivity contribution in [3.05, 3.63) is 54.2 Å². The Hall–Kier alpha value is -2.70. The van der Waals surface area contributed by atoms with Crippen LogP contribution in [0.1, 0.15) is 11.4 Å². The molecule has 0 saturated carbocycles. The van der Waals surface area contributed by atoms with E-state index in [1.54, 1.807) is 6.20 Å². The van der Waals surface area contributed by atoms with Gasteiger partial charge in [0.15, 0.2) is 5.78 Å². The molecule has 0 spiro atoms. The lowest BCUT2D eigenvalue weighted by atomic mass is 10.1. The summed E-state index contributed by atoms with van der Waals surface area (Å²) in [7, 11) is 2.12. The van der Waals surface area contributed by atoms with Gasteiger partial charge in [0.1, 0.15) is 0 Å². The van der Waals surface area contributed by atoms with Crippen LogP contribution in [0.25, 0.3) is 22.0 Å². The molecular weight excluding hydrogens is 350 g/mol. The van der Waals surface area contributed by atoms with Crippen LogP contribution in [0.5, 0.6) is 0 Å². The number of carbonyl (C=O) groups is 1. The van der Waals surface area contributed by atoms with Gasteiger partial charge in [-0.15, -0.1) is 0 Å². The lowest BCUT2D eigenvalue weighted by Gasteiger charge is -2.31. The van der Waals surface area contributed by atoms with Crippen LogP contribution in [0.3, 0.4) is 0 Å². The summed E-state index contributed by atoms with van der Waals surface area (Å²) < 4.78 is 0. The second kappa shape index (κ2) is 8.12. The molecule has 3 aromatic heterocycles. The first-order chi connectivity index (χ1) is 13.6. The summed E-state index contributed by atoms with van der Waals surface area (Å²) in [6, 6.07) is 8.05. The van der Waals surface area contributed by atoms with E-state index >= 15 is 0 Å². The standard InChI is InChI=1S/C22H25N5O/c1-16-3-4-17(12-23-16)22-10-18-9-20(24-13-19(18)14-25-22)11-21(28)15-27-7-5-26(2)6-8-27/h3-4,9-10,12-14H,5-8,11,15H2,1-2H3. The maximum atomic E-state index is 12.5. The second-order valence-corrected chi connectivity index (χ2v) is 7.58. The van der Waals surface area contributed by atoms with E-state index in [0.717, 1.165) is 59.6 Å².